The number of carbonyl (C=O) groups is 2. The molecule has 0 fully saturated rings. The summed E-state index contributed by atoms with van der Waals surface area (Å²) < 4.78 is 5.11. The van der Waals surface area contributed by atoms with E-state index in [-0.39, 0.29) is 18.4 Å². The zero-order valence-electron chi connectivity index (χ0n) is 13.5. The minimum atomic E-state index is -0.288. The largest absolute Gasteiger partial charge is 0.467 e. The number of anilines is 1. The Balaban J connectivity index is 1.78. The minimum Gasteiger partial charge on any atom is -0.467 e. The standard InChI is InChI=1S/C17H19N3O4/c1-12(14-5-7-15(8-6-14)19-13(2)21)20-24-11-17(22)18-10-16-4-3-9-23-16/h3-9H,10-11H2,1-2H3,(H,18,22)(H,19,21)/b20-12+. The lowest BCUT2D eigenvalue weighted by atomic mass is 10.1. The summed E-state index contributed by atoms with van der Waals surface area (Å²) in [7, 11) is 0. The van der Waals surface area contributed by atoms with Crippen LogP contribution >= 0.6 is 0 Å². The molecule has 0 saturated heterocycles. The van der Waals surface area contributed by atoms with Crippen molar-refractivity contribution in [2.45, 2.75) is 20.4 Å². The van der Waals surface area contributed by atoms with Crippen LogP contribution in [0.4, 0.5) is 5.69 Å². The van der Waals surface area contributed by atoms with Crippen LogP contribution in [0.1, 0.15) is 25.2 Å². The van der Waals surface area contributed by atoms with Crippen molar-refractivity contribution in [3.05, 3.63) is 54.0 Å². The van der Waals surface area contributed by atoms with Crippen molar-refractivity contribution < 1.29 is 18.8 Å². The predicted molar refractivity (Wildman–Crippen MR) is 89.5 cm³/mol. The molecular weight excluding hydrogens is 310 g/mol. The average molecular weight is 329 g/mol. The number of carbonyl (C=O) groups excluding carboxylic acids is 2. The first-order valence-electron chi connectivity index (χ1n) is 7.38. The number of nitrogens with zero attached hydrogens (tertiary/aromatic N) is 1. The molecule has 0 aliphatic carbocycles. The molecule has 1 aromatic carbocycles. The molecule has 0 aliphatic heterocycles. The fourth-order valence-corrected chi connectivity index (χ4v) is 1.89. The molecule has 0 atom stereocenters. The Labute approximate surface area is 139 Å². The van der Waals surface area contributed by atoms with Gasteiger partial charge in [-0.2, -0.15) is 0 Å². The van der Waals surface area contributed by atoms with Crippen LogP contribution in [0.25, 0.3) is 0 Å². The van der Waals surface area contributed by atoms with E-state index in [2.05, 4.69) is 15.8 Å². The number of rotatable bonds is 7. The summed E-state index contributed by atoms with van der Waals surface area (Å²) in [4.78, 5) is 27.6. The van der Waals surface area contributed by atoms with Gasteiger partial charge in [-0.15, -0.1) is 0 Å². The van der Waals surface area contributed by atoms with E-state index in [0.717, 1.165) is 5.56 Å². The molecule has 2 aromatic rings. The normalized spacial score (nSPS) is 11.0. The summed E-state index contributed by atoms with van der Waals surface area (Å²) in [6.45, 7) is 3.35. The topological polar surface area (TPSA) is 92.9 Å². The Morgan fingerprint density at radius 3 is 2.54 bits per heavy atom. The molecular formula is C17H19N3O4. The molecule has 7 heteroatoms. The summed E-state index contributed by atoms with van der Waals surface area (Å²) in [6.07, 6.45) is 1.54. The van der Waals surface area contributed by atoms with E-state index >= 15 is 0 Å². The maximum Gasteiger partial charge on any atom is 0.261 e. The highest BCUT2D eigenvalue weighted by atomic mass is 16.6. The summed E-state index contributed by atoms with van der Waals surface area (Å²) in [5.74, 6) is 0.253. The molecule has 0 bridgehead atoms. The van der Waals surface area contributed by atoms with Gasteiger partial charge in [-0.3, -0.25) is 9.59 Å². The number of oxime groups is 1. The van der Waals surface area contributed by atoms with Crippen molar-refractivity contribution >= 4 is 23.2 Å². The van der Waals surface area contributed by atoms with Gasteiger partial charge >= 0.3 is 0 Å². The highest BCUT2D eigenvalue weighted by Gasteiger charge is 2.04. The van der Waals surface area contributed by atoms with E-state index in [9.17, 15) is 9.59 Å². The first kappa shape index (κ1) is 17.3. The Morgan fingerprint density at radius 1 is 1.17 bits per heavy atom. The lowest BCUT2D eigenvalue weighted by molar-refractivity contribution is -0.125. The van der Waals surface area contributed by atoms with Crippen molar-refractivity contribution in [2.24, 2.45) is 5.16 Å². The second kappa shape index (κ2) is 8.52. The molecule has 0 aliphatic rings. The van der Waals surface area contributed by atoms with E-state index in [4.69, 9.17) is 9.25 Å². The van der Waals surface area contributed by atoms with Crippen molar-refractivity contribution in [1.29, 1.82) is 0 Å². The fourth-order valence-electron chi connectivity index (χ4n) is 1.89. The highest BCUT2D eigenvalue weighted by molar-refractivity contribution is 5.99. The van der Waals surface area contributed by atoms with Gasteiger partial charge < -0.3 is 19.9 Å². The van der Waals surface area contributed by atoms with Gasteiger partial charge in [0.1, 0.15) is 5.76 Å². The second-order valence-electron chi connectivity index (χ2n) is 5.06. The van der Waals surface area contributed by atoms with Gasteiger partial charge in [-0.05, 0) is 36.8 Å². The molecule has 0 radical (unpaired) electrons. The number of hydrogen-bond donors (Lipinski definition) is 2. The van der Waals surface area contributed by atoms with Crippen LogP contribution in [0.5, 0.6) is 0 Å². The molecule has 0 unspecified atom stereocenters. The molecule has 2 N–H and O–H groups in total. The van der Waals surface area contributed by atoms with Gasteiger partial charge in [0, 0.05) is 12.6 Å². The molecule has 7 nitrogen and oxygen atoms in total. The maximum atomic E-state index is 11.6. The van der Waals surface area contributed by atoms with Crippen molar-refractivity contribution in [3.63, 3.8) is 0 Å². The predicted octanol–water partition coefficient (Wildman–Crippen LogP) is 2.29. The van der Waals surface area contributed by atoms with Gasteiger partial charge in [0.25, 0.3) is 5.91 Å². The average Bonchev–Trinajstić information content (AvgIpc) is 3.06. The van der Waals surface area contributed by atoms with E-state index in [0.29, 0.717) is 23.7 Å². The van der Waals surface area contributed by atoms with Gasteiger partial charge in [0.15, 0.2) is 6.61 Å². The third kappa shape index (κ3) is 5.60. The molecule has 1 aromatic heterocycles. The minimum absolute atomic E-state index is 0.128. The van der Waals surface area contributed by atoms with Crippen LogP contribution in [-0.4, -0.2) is 24.1 Å². The number of nitrogens with one attached hydrogen (secondary N) is 2. The van der Waals surface area contributed by atoms with E-state index < -0.39 is 0 Å². The van der Waals surface area contributed by atoms with Crippen molar-refractivity contribution in [1.82, 2.24) is 5.32 Å². The number of hydrogen-bond acceptors (Lipinski definition) is 5. The van der Waals surface area contributed by atoms with E-state index in [1.165, 1.54) is 6.92 Å². The Bertz CT molecular complexity index is 706. The van der Waals surface area contributed by atoms with Gasteiger partial charge in [0.05, 0.1) is 18.5 Å². The summed E-state index contributed by atoms with van der Waals surface area (Å²) in [6, 6.07) is 10.7. The van der Waals surface area contributed by atoms with Gasteiger partial charge in [0.2, 0.25) is 5.91 Å². The second-order valence-corrected chi connectivity index (χ2v) is 5.06. The Hall–Kier alpha value is -3.09. The molecule has 2 amide bonds. The molecule has 2 rings (SSSR count). The van der Waals surface area contributed by atoms with Crippen LogP contribution in [0.15, 0.2) is 52.2 Å². The van der Waals surface area contributed by atoms with Gasteiger partial charge in [-0.25, -0.2) is 0 Å². The third-order valence-corrected chi connectivity index (χ3v) is 3.06. The molecule has 1 heterocycles. The van der Waals surface area contributed by atoms with Crippen LogP contribution < -0.4 is 10.6 Å². The van der Waals surface area contributed by atoms with Gasteiger partial charge in [-0.1, -0.05) is 17.3 Å². The lowest BCUT2D eigenvalue weighted by Gasteiger charge is -2.05. The van der Waals surface area contributed by atoms with Crippen LogP contribution in [-0.2, 0) is 21.0 Å². The molecule has 24 heavy (non-hydrogen) atoms. The summed E-state index contributed by atoms with van der Waals surface area (Å²) >= 11 is 0. The van der Waals surface area contributed by atoms with E-state index in [1.807, 2.05) is 12.1 Å². The number of benzene rings is 1. The van der Waals surface area contributed by atoms with Crippen molar-refractivity contribution in [2.75, 3.05) is 11.9 Å². The van der Waals surface area contributed by atoms with Crippen molar-refractivity contribution in [3.8, 4) is 0 Å². The lowest BCUT2D eigenvalue weighted by Crippen LogP contribution is -2.26. The molecule has 126 valence electrons. The number of amides is 2. The monoisotopic (exact) mass is 329 g/mol. The Morgan fingerprint density at radius 2 is 1.92 bits per heavy atom. The fraction of sp³-hybridized carbons (Fsp3) is 0.235. The molecule has 0 spiro atoms. The summed E-state index contributed by atoms with van der Waals surface area (Å²) in [5, 5.41) is 9.26. The first-order valence-corrected chi connectivity index (χ1v) is 7.38. The summed E-state index contributed by atoms with van der Waals surface area (Å²) in [5.41, 5.74) is 2.17. The molecule has 0 saturated carbocycles. The zero-order valence-corrected chi connectivity index (χ0v) is 13.5. The smallest absolute Gasteiger partial charge is 0.261 e. The maximum absolute atomic E-state index is 11.6. The highest BCUT2D eigenvalue weighted by Crippen LogP contribution is 2.10. The number of furan rings is 1. The van der Waals surface area contributed by atoms with E-state index in [1.54, 1.807) is 37.5 Å². The third-order valence-electron chi connectivity index (χ3n) is 3.06. The van der Waals surface area contributed by atoms with Crippen LogP contribution in [0.2, 0.25) is 0 Å². The quantitative estimate of drug-likeness (QED) is 0.602. The van der Waals surface area contributed by atoms with Crippen LogP contribution in [0.3, 0.4) is 0 Å². The van der Waals surface area contributed by atoms with Crippen LogP contribution in [0, 0.1) is 0 Å². The zero-order chi connectivity index (χ0) is 17.4. The first-order chi connectivity index (χ1) is 11.5. The SMILES string of the molecule is CC(=O)Nc1ccc(/C(C)=N/OCC(=O)NCc2ccco2)cc1. The Kier molecular flexibility index (Phi) is 6.13.